The summed E-state index contributed by atoms with van der Waals surface area (Å²) in [6, 6.07) is 6.69. The number of morpholine rings is 1. The van der Waals surface area contributed by atoms with E-state index in [4.69, 9.17) is 21.1 Å². The van der Waals surface area contributed by atoms with E-state index in [1.807, 2.05) is 0 Å². The van der Waals surface area contributed by atoms with E-state index in [0.29, 0.717) is 23.1 Å². The van der Waals surface area contributed by atoms with E-state index in [9.17, 15) is 4.79 Å². The highest BCUT2D eigenvalue weighted by Crippen LogP contribution is 2.12. The van der Waals surface area contributed by atoms with Gasteiger partial charge in [-0.2, -0.15) is 0 Å². The second kappa shape index (κ2) is 7.78. The molecule has 1 fully saturated rings. The first-order valence-electron chi connectivity index (χ1n) is 7.31. The second-order valence-electron chi connectivity index (χ2n) is 5.75. The number of carbonyl (C=O) groups excluding carboxylic acids is 1. The zero-order chi connectivity index (χ0) is 15.2. The summed E-state index contributed by atoms with van der Waals surface area (Å²) in [5, 5.41) is 0.603. The topological polar surface area (TPSA) is 38.8 Å². The van der Waals surface area contributed by atoms with Crippen LogP contribution in [0.5, 0.6) is 0 Å². The average molecular weight is 312 g/mol. The molecule has 21 heavy (non-hydrogen) atoms. The van der Waals surface area contributed by atoms with Gasteiger partial charge in [0.25, 0.3) is 0 Å². The van der Waals surface area contributed by atoms with Crippen molar-refractivity contribution in [3.63, 3.8) is 0 Å². The summed E-state index contributed by atoms with van der Waals surface area (Å²) >= 11 is 5.80. The van der Waals surface area contributed by atoms with Crippen LogP contribution in [0.15, 0.2) is 24.3 Å². The zero-order valence-electron chi connectivity index (χ0n) is 12.5. The molecular formula is C16H22ClNO3. The summed E-state index contributed by atoms with van der Waals surface area (Å²) in [6.45, 7) is 8.18. The van der Waals surface area contributed by atoms with E-state index in [1.165, 1.54) is 0 Å². The Bertz CT molecular complexity index is 461. The molecule has 5 heteroatoms. The van der Waals surface area contributed by atoms with Gasteiger partial charge in [-0.25, -0.2) is 4.79 Å². The minimum atomic E-state index is -0.337. The maximum atomic E-state index is 11.9. The van der Waals surface area contributed by atoms with Gasteiger partial charge in [0.2, 0.25) is 0 Å². The lowest BCUT2D eigenvalue weighted by Crippen LogP contribution is -2.45. The number of ether oxygens (including phenoxy) is 2. The Labute approximate surface area is 131 Å². The molecule has 0 radical (unpaired) electrons. The Morgan fingerprint density at radius 1 is 1.43 bits per heavy atom. The van der Waals surface area contributed by atoms with Gasteiger partial charge in [0.1, 0.15) is 12.7 Å². The second-order valence-corrected chi connectivity index (χ2v) is 6.19. The summed E-state index contributed by atoms with van der Waals surface area (Å²) in [5.41, 5.74) is 0.509. The van der Waals surface area contributed by atoms with Crippen LogP contribution in [-0.2, 0) is 9.47 Å². The number of nitrogens with zero attached hydrogens (tertiary/aromatic N) is 1. The first kappa shape index (κ1) is 16.3. The van der Waals surface area contributed by atoms with Crippen LogP contribution in [0, 0.1) is 5.92 Å². The molecule has 1 aliphatic heterocycles. The van der Waals surface area contributed by atoms with Gasteiger partial charge in [0.05, 0.1) is 12.2 Å². The molecule has 0 bridgehead atoms. The highest BCUT2D eigenvalue weighted by Gasteiger charge is 2.22. The lowest BCUT2D eigenvalue weighted by atomic mass is 10.2. The molecule has 1 unspecified atom stereocenters. The SMILES string of the molecule is CC(C)CN1CCOC(COC(=O)c2ccc(Cl)cc2)C1. The van der Waals surface area contributed by atoms with Crippen LogP contribution in [0.1, 0.15) is 24.2 Å². The highest BCUT2D eigenvalue weighted by molar-refractivity contribution is 6.30. The fraction of sp³-hybridized carbons (Fsp3) is 0.562. The van der Waals surface area contributed by atoms with Gasteiger partial charge in [-0.05, 0) is 30.2 Å². The molecule has 1 saturated heterocycles. The maximum Gasteiger partial charge on any atom is 0.338 e. The molecule has 0 saturated carbocycles. The predicted molar refractivity (Wildman–Crippen MR) is 82.8 cm³/mol. The van der Waals surface area contributed by atoms with E-state index >= 15 is 0 Å². The molecule has 0 N–H and O–H groups in total. The summed E-state index contributed by atoms with van der Waals surface area (Å²) in [4.78, 5) is 14.3. The van der Waals surface area contributed by atoms with Gasteiger partial charge in [-0.15, -0.1) is 0 Å². The third-order valence-corrected chi connectivity index (χ3v) is 3.58. The summed E-state index contributed by atoms with van der Waals surface area (Å²) < 4.78 is 11.0. The first-order valence-corrected chi connectivity index (χ1v) is 7.69. The number of hydrogen-bond donors (Lipinski definition) is 0. The Morgan fingerprint density at radius 3 is 2.81 bits per heavy atom. The van der Waals surface area contributed by atoms with Crippen molar-refractivity contribution >= 4 is 17.6 Å². The van der Waals surface area contributed by atoms with Gasteiger partial charge in [0.15, 0.2) is 0 Å². The lowest BCUT2D eigenvalue weighted by molar-refractivity contribution is -0.0612. The standard InChI is InChI=1S/C16H22ClNO3/c1-12(2)9-18-7-8-20-15(10-18)11-21-16(19)13-3-5-14(17)6-4-13/h3-6,12,15H,7-11H2,1-2H3. The molecule has 0 aromatic heterocycles. The largest absolute Gasteiger partial charge is 0.459 e. The van der Waals surface area contributed by atoms with Crippen LogP contribution in [-0.4, -0.2) is 49.8 Å². The van der Waals surface area contributed by atoms with E-state index in [1.54, 1.807) is 24.3 Å². The van der Waals surface area contributed by atoms with Gasteiger partial charge in [0, 0.05) is 24.7 Å². The quantitative estimate of drug-likeness (QED) is 0.784. The molecule has 2 rings (SSSR count). The molecule has 1 aliphatic rings. The van der Waals surface area contributed by atoms with E-state index in [-0.39, 0.29) is 18.7 Å². The Balaban J connectivity index is 1.79. The number of benzene rings is 1. The first-order chi connectivity index (χ1) is 10.0. The molecule has 1 heterocycles. The molecule has 1 atom stereocenters. The average Bonchev–Trinajstić information content (AvgIpc) is 2.45. The molecule has 4 nitrogen and oxygen atoms in total. The minimum Gasteiger partial charge on any atom is -0.459 e. The molecule has 1 aromatic carbocycles. The normalized spacial score (nSPS) is 19.7. The Morgan fingerprint density at radius 2 is 2.14 bits per heavy atom. The molecule has 0 amide bonds. The molecular weight excluding hydrogens is 290 g/mol. The number of esters is 1. The predicted octanol–water partition coefficient (Wildman–Crippen LogP) is 2.85. The monoisotopic (exact) mass is 311 g/mol. The van der Waals surface area contributed by atoms with Crippen molar-refractivity contribution in [2.45, 2.75) is 20.0 Å². The summed E-state index contributed by atoms with van der Waals surface area (Å²) in [7, 11) is 0. The Hall–Kier alpha value is -1.10. The van der Waals surface area contributed by atoms with E-state index in [0.717, 1.165) is 19.6 Å². The number of carbonyl (C=O) groups is 1. The number of halogens is 1. The molecule has 116 valence electrons. The highest BCUT2D eigenvalue weighted by atomic mass is 35.5. The van der Waals surface area contributed by atoms with E-state index < -0.39 is 0 Å². The van der Waals surface area contributed by atoms with Crippen LogP contribution < -0.4 is 0 Å². The smallest absolute Gasteiger partial charge is 0.338 e. The van der Waals surface area contributed by atoms with Crippen LogP contribution in [0.25, 0.3) is 0 Å². The Kier molecular flexibility index (Phi) is 6.03. The number of rotatable bonds is 5. The van der Waals surface area contributed by atoms with Crippen LogP contribution in [0.2, 0.25) is 5.02 Å². The number of hydrogen-bond acceptors (Lipinski definition) is 4. The molecule has 0 spiro atoms. The van der Waals surface area contributed by atoms with Crippen molar-refractivity contribution in [3.8, 4) is 0 Å². The fourth-order valence-corrected chi connectivity index (χ4v) is 2.53. The third kappa shape index (κ3) is 5.30. The van der Waals surface area contributed by atoms with Crippen molar-refractivity contribution in [1.82, 2.24) is 4.90 Å². The van der Waals surface area contributed by atoms with Gasteiger partial charge in [-0.1, -0.05) is 25.4 Å². The minimum absolute atomic E-state index is 0.0475. The van der Waals surface area contributed by atoms with Crippen molar-refractivity contribution in [2.75, 3.05) is 32.8 Å². The van der Waals surface area contributed by atoms with Crippen LogP contribution in [0.3, 0.4) is 0 Å². The lowest BCUT2D eigenvalue weighted by Gasteiger charge is -2.33. The summed E-state index contributed by atoms with van der Waals surface area (Å²) in [5.74, 6) is 0.289. The van der Waals surface area contributed by atoms with Crippen molar-refractivity contribution in [3.05, 3.63) is 34.9 Å². The maximum absolute atomic E-state index is 11.9. The molecule has 0 aliphatic carbocycles. The summed E-state index contributed by atoms with van der Waals surface area (Å²) in [6.07, 6.45) is -0.0475. The van der Waals surface area contributed by atoms with Crippen molar-refractivity contribution in [2.24, 2.45) is 5.92 Å². The van der Waals surface area contributed by atoms with Crippen LogP contribution >= 0.6 is 11.6 Å². The molecule has 1 aromatic rings. The van der Waals surface area contributed by atoms with E-state index in [2.05, 4.69) is 18.7 Å². The van der Waals surface area contributed by atoms with Crippen molar-refractivity contribution < 1.29 is 14.3 Å². The fourth-order valence-electron chi connectivity index (χ4n) is 2.40. The van der Waals surface area contributed by atoms with Gasteiger partial charge < -0.3 is 9.47 Å². The van der Waals surface area contributed by atoms with Gasteiger partial charge >= 0.3 is 5.97 Å². The van der Waals surface area contributed by atoms with Gasteiger partial charge in [-0.3, -0.25) is 4.90 Å². The third-order valence-electron chi connectivity index (χ3n) is 3.33. The zero-order valence-corrected chi connectivity index (χ0v) is 13.3. The van der Waals surface area contributed by atoms with Crippen LogP contribution in [0.4, 0.5) is 0 Å². The van der Waals surface area contributed by atoms with Crippen molar-refractivity contribution in [1.29, 1.82) is 0 Å².